The first-order valence-electron chi connectivity index (χ1n) is 21.5. The molecule has 4 saturated heterocycles. The molecule has 4 aliphatic heterocycles. The quantitative estimate of drug-likeness (QED) is 0.134. The Labute approximate surface area is 396 Å². The van der Waals surface area contributed by atoms with Crippen molar-refractivity contribution < 1.29 is 40.6 Å². The van der Waals surface area contributed by atoms with E-state index in [4.69, 9.17) is 43.1 Å². The summed E-state index contributed by atoms with van der Waals surface area (Å²) in [7, 11) is -6.45. The van der Waals surface area contributed by atoms with E-state index in [1.807, 2.05) is 13.8 Å². The number of nitrogens with zero attached hydrogens (tertiary/aromatic N) is 8. The Morgan fingerprint density at radius 2 is 1.14 bits per heavy atom. The van der Waals surface area contributed by atoms with Gasteiger partial charge in [0.2, 0.25) is 0 Å². The molecule has 6 heterocycles. The highest BCUT2D eigenvalue weighted by molar-refractivity contribution is 7.90. The molecule has 2 N–H and O–H groups in total. The number of Topliss-reactive ketones (excluding diaryl/α,β-unsaturated/α-hetero) is 1. The van der Waals surface area contributed by atoms with Gasteiger partial charge in [0.1, 0.15) is 0 Å². The summed E-state index contributed by atoms with van der Waals surface area (Å²) in [4.78, 5) is 36.7. The average Bonchev–Trinajstić information content (AvgIpc) is 3.27. The number of hydrogen-bond donors (Lipinski definition) is 1. The molecule has 0 saturated carbocycles. The monoisotopic (exact) mass is 987 g/mol. The van der Waals surface area contributed by atoms with Crippen LogP contribution in [-0.4, -0.2) is 160 Å². The van der Waals surface area contributed by atoms with Crippen LogP contribution >= 0.6 is 23.2 Å². The smallest absolute Gasteiger partial charge is 0.339 e. The molecule has 0 radical (unpaired) electrons. The van der Waals surface area contributed by atoms with Gasteiger partial charge in [-0.1, -0.05) is 35.3 Å². The number of ether oxygens (including phenoxy) is 3. The van der Waals surface area contributed by atoms with Gasteiger partial charge in [-0.25, -0.2) is 4.79 Å². The molecule has 2 aromatic heterocycles. The Morgan fingerprint density at radius 3 is 1.47 bits per heavy atom. The van der Waals surface area contributed by atoms with Crippen molar-refractivity contribution in [3.05, 3.63) is 118 Å². The van der Waals surface area contributed by atoms with E-state index in [2.05, 4.69) is 19.8 Å². The van der Waals surface area contributed by atoms with Crippen LogP contribution in [0.3, 0.4) is 0 Å². The Morgan fingerprint density at radius 1 is 0.697 bits per heavy atom. The van der Waals surface area contributed by atoms with Crippen LogP contribution in [0.2, 0.25) is 10.0 Å². The zero-order valence-corrected chi connectivity index (χ0v) is 40.1. The van der Waals surface area contributed by atoms with E-state index in [1.54, 1.807) is 72.8 Å². The van der Waals surface area contributed by atoms with Crippen molar-refractivity contribution in [1.29, 1.82) is 0 Å². The van der Waals surface area contributed by atoms with Crippen LogP contribution in [0.15, 0.2) is 85.2 Å². The van der Waals surface area contributed by atoms with E-state index in [1.165, 1.54) is 36.7 Å². The normalized spacial score (nSPS) is 20.3. The highest BCUT2D eigenvalue weighted by Crippen LogP contribution is 2.30. The lowest BCUT2D eigenvalue weighted by molar-refractivity contribution is -0.0873. The molecule has 4 aliphatic rings. The zero-order chi connectivity index (χ0) is 47.2. The Kier molecular flexibility index (Phi) is 16.3. The van der Waals surface area contributed by atoms with Gasteiger partial charge in [-0.15, -0.1) is 0 Å². The number of rotatable bonds is 15. The van der Waals surface area contributed by atoms with Gasteiger partial charge in [0.25, 0.3) is 0 Å². The van der Waals surface area contributed by atoms with Gasteiger partial charge in [0.05, 0.1) is 93.6 Å². The first-order chi connectivity index (χ1) is 31.6. The number of carbonyl (C=O) groups excluding carboxylic acids is 2. The first kappa shape index (κ1) is 49.6. The number of anilines is 2. The predicted molar refractivity (Wildman–Crippen MR) is 251 cm³/mol. The molecule has 0 aliphatic carbocycles. The molecule has 2 atom stereocenters. The summed E-state index contributed by atoms with van der Waals surface area (Å²) in [6.45, 7) is 9.56. The molecule has 2 aromatic carbocycles. The number of halogens is 2. The van der Waals surface area contributed by atoms with Crippen molar-refractivity contribution >= 4 is 66.7 Å². The molecule has 66 heavy (non-hydrogen) atoms. The largest absolute Gasteiger partial charge is 0.465 e. The minimum atomic E-state index is -3.88. The third-order valence-electron chi connectivity index (χ3n) is 12.1. The predicted octanol–water partition coefficient (Wildman–Crippen LogP) is 3.71. The standard InChI is InChI=1S/C22H28ClN5O4S.C22H27ClN4O5S/c1-16-12-26(7-8-27(16)21-14-32-15-21)33(30,31)28(20-4-2-3-18(23)9-20)13-19-6-5-17(11-25-19)22(29)10-24;1-16-12-25(8-9-26(16)21-14-32-15-21)33(29,30)27(20-5-3-4-18(23)10-20)13-19-7-6-17(11-24-19)22(28)31-2/h2-6,9,11,16,21H,7-8,10,12-15,24H2,1H3;3-7,10-11,16,21H,8-9,12-15H2,1-2H3/t2*16-/m00/s1. The summed E-state index contributed by atoms with van der Waals surface area (Å²) >= 11 is 12.4. The maximum Gasteiger partial charge on any atom is 0.339 e. The number of piperazine rings is 2. The summed E-state index contributed by atoms with van der Waals surface area (Å²) in [5.74, 6) is -0.728. The fourth-order valence-electron chi connectivity index (χ4n) is 8.22. The molecular weight excluding hydrogens is 934 g/mol. The number of methoxy groups -OCH3 is 1. The zero-order valence-electron chi connectivity index (χ0n) is 37.0. The molecular formula is C44H55Cl2N9O9S2. The number of esters is 1. The maximum absolute atomic E-state index is 13.8. The van der Waals surface area contributed by atoms with Crippen LogP contribution in [0.1, 0.15) is 46.0 Å². The first-order valence-corrected chi connectivity index (χ1v) is 25.1. The Balaban J connectivity index is 0.000000196. The van der Waals surface area contributed by atoms with Gasteiger partial charge in [0.15, 0.2) is 5.78 Å². The van der Waals surface area contributed by atoms with Crippen LogP contribution in [0, 0.1) is 0 Å². The number of pyridine rings is 2. The SMILES string of the molecule is COC(=O)c1ccc(CN(c2cccc(Cl)c2)S(=O)(=O)N2CCN(C3COC3)[C@@H](C)C2)nc1.C[C@H]1CN(S(=O)(=O)N(Cc2ccc(C(=O)CN)cn2)c2cccc(Cl)c2)CCN1C1COC1. The fraction of sp³-hybridized carbons (Fsp3) is 0.455. The average molecular weight is 989 g/mol. The second-order valence-electron chi connectivity index (χ2n) is 16.5. The lowest BCUT2D eigenvalue weighted by Gasteiger charge is -2.46. The van der Waals surface area contributed by atoms with Crippen LogP contribution < -0.4 is 14.3 Å². The molecule has 18 nitrogen and oxygen atoms in total. The van der Waals surface area contributed by atoms with Crippen molar-refractivity contribution in [2.45, 2.75) is 51.1 Å². The van der Waals surface area contributed by atoms with E-state index in [0.717, 1.165) is 0 Å². The van der Waals surface area contributed by atoms with E-state index in [0.29, 0.717) is 122 Å². The van der Waals surface area contributed by atoms with Crippen LogP contribution in [0.4, 0.5) is 11.4 Å². The van der Waals surface area contributed by atoms with Crippen LogP contribution in [0.25, 0.3) is 0 Å². The van der Waals surface area contributed by atoms with Crippen molar-refractivity contribution in [3.8, 4) is 0 Å². The van der Waals surface area contributed by atoms with Crippen LogP contribution in [-0.2, 0) is 47.7 Å². The van der Waals surface area contributed by atoms with Crippen molar-refractivity contribution in [3.63, 3.8) is 0 Å². The lowest BCUT2D eigenvalue weighted by Crippen LogP contribution is -2.62. The van der Waals surface area contributed by atoms with Gasteiger partial charge in [0, 0.05) is 79.4 Å². The molecule has 4 aromatic rings. The van der Waals surface area contributed by atoms with Crippen molar-refractivity contribution in [1.82, 2.24) is 28.4 Å². The lowest BCUT2D eigenvalue weighted by atomic mass is 10.1. The second-order valence-corrected chi connectivity index (χ2v) is 21.0. The summed E-state index contributed by atoms with van der Waals surface area (Å²) in [6, 6.07) is 20.8. The van der Waals surface area contributed by atoms with Gasteiger partial charge in [-0.05, 0) is 74.5 Å². The number of benzene rings is 2. The molecule has 0 bridgehead atoms. The Bertz CT molecular complexity index is 2360. The summed E-state index contributed by atoms with van der Waals surface area (Å²) < 4.78 is 76.1. The minimum Gasteiger partial charge on any atom is -0.465 e. The maximum atomic E-state index is 13.8. The molecule has 22 heteroatoms. The summed E-state index contributed by atoms with van der Waals surface area (Å²) in [5, 5.41) is 0.873. The third kappa shape index (κ3) is 11.5. The number of hydrogen-bond acceptors (Lipinski definition) is 14. The molecule has 0 amide bonds. The molecule has 0 spiro atoms. The number of aromatic nitrogens is 2. The van der Waals surface area contributed by atoms with Gasteiger partial charge >= 0.3 is 26.4 Å². The molecule has 4 fully saturated rings. The topological polar surface area (TPSA) is 201 Å². The number of carbonyl (C=O) groups is 2. The molecule has 356 valence electrons. The van der Waals surface area contributed by atoms with Crippen molar-refractivity contribution in [2.75, 3.05) is 88.0 Å². The fourth-order valence-corrected chi connectivity index (χ4v) is 11.9. The van der Waals surface area contributed by atoms with E-state index >= 15 is 0 Å². The van der Waals surface area contributed by atoms with E-state index in [-0.39, 0.29) is 37.5 Å². The molecule has 8 rings (SSSR count). The summed E-state index contributed by atoms with van der Waals surface area (Å²) in [5.41, 5.74) is 7.99. The third-order valence-corrected chi connectivity index (χ3v) is 16.3. The van der Waals surface area contributed by atoms with Crippen molar-refractivity contribution in [2.24, 2.45) is 5.73 Å². The minimum absolute atomic E-state index is 0.00477. The van der Waals surface area contributed by atoms with E-state index in [9.17, 15) is 26.4 Å². The van der Waals surface area contributed by atoms with Gasteiger partial charge < -0.3 is 19.9 Å². The van der Waals surface area contributed by atoms with E-state index < -0.39 is 26.4 Å². The summed E-state index contributed by atoms with van der Waals surface area (Å²) in [6.07, 6.45) is 2.81. The number of nitrogens with two attached hydrogens (primary N) is 1. The van der Waals surface area contributed by atoms with Gasteiger partial charge in [-0.3, -0.25) is 33.2 Å². The second kappa shape index (κ2) is 21.8. The number of ketones is 1. The molecule has 0 unspecified atom stereocenters. The highest BCUT2D eigenvalue weighted by Gasteiger charge is 2.41. The van der Waals surface area contributed by atoms with Gasteiger partial charge in [-0.2, -0.15) is 25.4 Å². The van der Waals surface area contributed by atoms with Crippen LogP contribution in [0.5, 0.6) is 0 Å². The highest BCUT2D eigenvalue weighted by atomic mass is 35.5. The Hall–Kier alpha value is -4.32.